The van der Waals surface area contributed by atoms with Gasteiger partial charge in [-0.1, -0.05) is 0 Å². The van der Waals surface area contributed by atoms with Crippen molar-refractivity contribution in [3.63, 3.8) is 0 Å². The van der Waals surface area contributed by atoms with Crippen molar-refractivity contribution in [2.45, 2.75) is 6.92 Å². The van der Waals surface area contributed by atoms with Crippen molar-refractivity contribution in [2.75, 3.05) is 22.8 Å². The molecular weight excluding hydrogens is 202 g/mol. The maximum atomic E-state index is 11.2. The molecule has 0 radical (unpaired) electrons. The molecule has 0 aliphatic rings. The van der Waals surface area contributed by atoms with Gasteiger partial charge in [-0.2, -0.15) is 0 Å². The van der Waals surface area contributed by atoms with Crippen LogP contribution in [0.15, 0.2) is 18.3 Å². The molecule has 1 heterocycles. The SMILES string of the molecule is CCS(=O)(=O)Nc1ccc(NC)nc1. The number of pyridine rings is 1. The lowest BCUT2D eigenvalue weighted by Gasteiger charge is -2.05. The Hall–Kier alpha value is -1.30. The Labute approximate surface area is 83.6 Å². The molecule has 0 aromatic carbocycles. The van der Waals surface area contributed by atoms with Crippen molar-refractivity contribution < 1.29 is 8.42 Å². The first-order valence-corrected chi connectivity index (χ1v) is 5.87. The van der Waals surface area contributed by atoms with Crippen LogP contribution in [0.4, 0.5) is 11.5 Å². The van der Waals surface area contributed by atoms with Gasteiger partial charge < -0.3 is 5.32 Å². The van der Waals surface area contributed by atoms with Gasteiger partial charge in [0.2, 0.25) is 10.0 Å². The van der Waals surface area contributed by atoms with Gasteiger partial charge in [0.25, 0.3) is 0 Å². The van der Waals surface area contributed by atoms with Gasteiger partial charge >= 0.3 is 0 Å². The highest BCUT2D eigenvalue weighted by Crippen LogP contribution is 2.10. The molecule has 5 nitrogen and oxygen atoms in total. The number of nitrogens with zero attached hydrogens (tertiary/aromatic N) is 1. The lowest BCUT2D eigenvalue weighted by molar-refractivity contribution is 0.602. The van der Waals surface area contributed by atoms with Gasteiger partial charge in [0.05, 0.1) is 17.6 Å². The van der Waals surface area contributed by atoms with Crippen LogP contribution in [0.5, 0.6) is 0 Å². The van der Waals surface area contributed by atoms with E-state index >= 15 is 0 Å². The zero-order chi connectivity index (χ0) is 10.6. The van der Waals surface area contributed by atoms with Crippen LogP contribution in [-0.4, -0.2) is 26.2 Å². The van der Waals surface area contributed by atoms with Crippen molar-refractivity contribution in [1.29, 1.82) is 0 Å². The summed E-state index contributed by atoms with van der Waals surface area (Å²) >= 11 is 0. The number of nitrogens with one attached hydrogen (secondary N) is 2. The van der Waals surface area contributed by atoms with Gasteiger partial charge in [-0.05, 0) is 19.1 Å². The Morgan fingerprint density at radius 2 is 2.14 bits per heavy atom. The van der Waals surface area contributed by atoms with Crippen molar-refractivity contribution in [3.8, 4) is 0 Å². The maximum absolute atomic E-state index is 11.2. The third kappa shape index (κ3) is 2.88. The summed E-state index contributed by atoms with van der Waals surface area (Å²) < 4.78 is 24.7. The summed E-state index contributed by atoms with van der Waals surface area (Å²) in [5.74, 6) is 0.755. The monoisotopic (exact) mass is 215 g/mol. The fraction of sp³-hybridized carbons (Fsp3) is 0.375. The predicted molar refractivity (Wildman–Crippen MR) is 56.9 cm³/mol. The predicted octanol–water partition coefficient (Wildman–Crippen LogP) is 0.885. The Morgan fingerprint density at radius 3 is 2.57 bits per heavy atom. The lowest BCUT2D eigenvalue weighted by Crippen LogP contribution is -2.14. The second kappa shape index (κ2) is 4.28. The van der Waals surface area contributed by atoms with Crippen LogP contribution in [0.3, 0.4) is 0 Å². The molecule has 0 aliphatic heterocycles. The van der Waals surface area contributed by atoms with Gasteiger partial charge in [-0.15, -0.1) is 0 Å². The molecule has 0 saturated heterocycles. The molecule has 2 N–H and O–H groups in total. The molecule has 1 rings (SSSR count). The molecule has 0 unspecified atom stereocenters. The second-order valence-electron chi connectivity index (χ2n) is 2.69. The number of hydrogen-bond acceptors (Lipinski definition) is 4. The third-order valence-electron chi connectivity index (χ3n) is 1.67. The van der Waals surface area contributed by atoms with Crippen LogP contribution in [0, 0.1) is 0 Å². The minimum absolute atomic E-state index is 0.0563. The minimum Gasteiger partial charge on any atom is -0.373 e. The fourth-order valence-electron chi connectivity index (χ4n) is 0.854. The van der Waals surface area contributed by atoms with Crippen LogP contribution in [-0.2, 0) is 10.0 Å². The Kier molecular flexibility index (Phi) is 3.29. The molecule has 0 saturated carbocycles. The van der Waals surface area contributed by atoms with Gasteiger partial charge in [-0.3, -0.25) is 4.72 Å². The molecule has 6 heteroatoms. The van der Waals surface area contributed by atoms with E-state index in [1.165, 1.54) is 6.20 Å². The van der Waals surface area contributed by atoms with Crippen molar-refractivity contribution >= 4 is 21.5 Å². The molecule has 0 amide bonds. The van der Waals surface area contributed by atoms with E-state index in [0.717, 1.165) is 0 Å². The van der Waals surface area contributed by atoms with E-state index in [1.807, 2.05) is 0 Å². The molecule has 78 valence electrons. The topological polar surface area (TPSA) is 71.1 Å². The standard InChI is InChI=1S/C8H13N3O2S/c1-3-14(12,13)11-7-4-5-8(9-2)10-6-7/h4-6,11H,3H2,1-2H3,(H,9,10). The summed E-state index contributed by atoms with van der Waals surface area (Å²) in [6.45, 7) is 1.58. The number of anilines is 2. The summed E-state index contributed by atoms with van der Waals surface area (Å²) in [6.07, 6.45) is 1.47. The van der Waals surface area contributed by atoms with Crippen LogP contribution >= 0.6 is 0 Å². The summed E-state index contributed by atoms with van der Waals surface area (Å²) in [4.78, 5) is 3.98. The number of aromatic nitrogens is 1. The van der Waals surface area contributed by atoms with E-state index in [0.29, 0.717) is 11.5 Å². The Bertz CT molecular complexity index is 386. The quantitative estimate of drug-likeness (QED) is 0.782. The van der Waals surface area contributed by atoms with Crippen LogP contribution in [0.25, 0.3) is 0 Å². The highest BCUT2D eigenvalue weighted by Gasteiger charge is 2.06. The van der Waals surface area contributed by atoms with E-state index in [1.54, 1.807) is 26.1 Å². The molecule has 0 fully saturated rings. The Balaban J connectivity index is 2.79. The highest BCUT2D eigenvalue weighted by molar-refractivity contribution is 7.92. The smallest absolute Gasteiger partial charge is 0.232 e. The van der Waals surface area contributed by atoms with E-state index < -0.39 is 10.0 Å². The average Bonchev–Trinajstić information content (AvgIpc) is 2.19. The van der Waals surface area contributed by atoms with Gasteiger partial charge in [0.1, 0.15) is 5.82 Å². The number of sulfonamides is 1. The summed E-state index contributed by atoms with van der Waals surface area (Å²) in [5.41, 5.74) is 0.478. The lowest BCUT2D eigenvalue weighted by atomic mass is 10.4. The van der Waals surface area contributed by atoms with Gasteiger partial charge in [-0.25, -0.2) is 13.4 Å². The van der Waals surface area contributed by atoms with Crippen molar-refractivity contribution in [1.82, 2.24) is 4.98 Å². The molecule has 1 aromatic heterocycles. The maximum Gasteiger partial charge on any atom is 0.232 e. The molecule has 1 aromatic rings. The molecule has 0 atom stereocenters. The van der Waals surface area contributed by atoms with Gasteiger partial charge in [0, 0.05) is 7.05 Å². The number of rotatable bonds is 4. The fourth-order valence-corrected chi connectivity index (χ4v) is 1.48. The molecule has 0 spiro atoms. The van der Waals surface area contributed by atoms with E-state index in [4.69, 9.17) is 0 Å². The average molecular weight is 215 g/mol. The van der Waals surface area contributed by atoms with E-state index in [-0.39, 0.29) is 5.75 Å². The van der Waals surface area contributed by atoms with Crippen molar-refractivity contribution in [2.24, 2.45) is 0 Å². The summed E-state index contributed by atoms with van der Waals surface area (Å²) in [7, 11) is -1.45. The summed E-state index contributed by atoms with van der Waals surface area (Å²) in [5, 5.41) is 2.84. The zero-order valence-corrected chi connectivity index (χ0v) is 8.93. The minimum atomic E-state index is -3.20. The zero-order valence-electron chi connectivity index (χ0n) is 8.11. The largest absolute Gasteiger partial charge is 0.373 e. The molecule has 14 heavy (non-hydrogen) atoms. The van der Waals surface area contributed by atoms with Crippen molar-refractivity contribution in [3.05, 3.63) is 18.3 Å². The third-order valence-corrected chi connectivity index (χ3v) is 2.98. The highest BCUT2D eigenvalue weighted by atomic mass is 32.2. The first-order valence-electron chi connectivity index (χ1n) is 4.21. The first kappa shape index (κ1) is 10.8. The second-order valence-corrected chi connectivity index (χ2v) is 4.70. The molecular formula is C8H13N3O2S. The normalized spacial score (nSPS) is 11.0. The molecule has 0 aliphatic carbocycles. The van der Waals surface area contributed by atoms with E-state index in [2.05, 4.69) is 15.0 Å². The van der Waals surface area contributed by atoms with Crippen LogP contribution < -0.4 is 10.0 Å². The van der Waals surface area contributed by atoms with Crippen LogP contribution in [0.1, 0.15) is 6.92 Å². The van der Waals surface area contributed by atoms with Gasteiger partial charge in [0.15, 0.2) is 0 Å². The van der Waals surface area contributed by atoms with Crippen LogP contribution in [0.2, 0.25) is 0 Å². The summed E-state index contributed by atoms with van der Waals surface area (Å²) in [6, 6.07) is 3.36. The Morgan fingerprint density at radius 1 is 1.43 bits per heavy atom. The molecule has 0 bridgehead atoms. The number of hydrogen-bond donors (Lipinski definition) is 2. The van der Waals surface area contributed by atoms with E-state index in [9.17, 15) is 8.42 Å². The first-order chi connectivity index (χ1) is 6.57.